The number of carbonyl (C=O) groups excluding carboxylic acids is 1. The van der Waals surface area contributed by atoms with Gasteiger partial charge in [-0.2, -0.15) is 0 Å². The summed E-state index contributed by atoms with van der Waals surface area (Å²) in [6.07, 6.45) is 0.453. The van der Waals surface area contributed by atoms with Crippen LogP contribution in [-0.2, 0) is 15.8 Å². The zero-order valence-electron chi connectivity index (χ0n) is 21.4. The molecule has 2 aliphatic heterocycles. The van der Waals surface area contributed by atoms with E-state index in [0.29, 0.717) is 12.6 Å². The molecule has 3 rings (SSSR count). The summed E-state index contributed by atoms with van der Waals surface area (Å²) in [5.41, 5.74) is 0.746. The number of rotatable bonds is 7. The van der Waals surface area contributed by atoms with Crippen molar-refractivity contribution >= 4 is 31.9 Å². The number of likely N-dealkylation sites (tertiary alicyclic amines) is 1. The Bertz CT molecular complexity index is 874. The number of nitrogens with zero attached hydrogens (tertiary/aromatic N) is 3. The Hall–Kier alpha value is -1.62. The average molecular weight is 510 g/mol. The molecule has 2 saturated heterocycles. The van der Waals surface area contributed by atoms with Gasteiger partial charge in [0.25, 0.3) is 5.69 Å². The first-order valence-corrected chi connectivity index (χ1v) is 16.0. The number of ether oxygens (including phenoxy) is 1. The van der Waals surface area contributed by atoms with Crippen LogP contribution in [0.15, 0.2) is 24.3 Å². The van der Waals surface area contributed by atoms with Gasteiger partial charge in [-0.1, -0.05) is 20.8 Å². The summed E-state index contributed by atoms with van der Waals surface area (Å²) in [6, 6.07) is 6.54. The van der Waals surface area contributed by atoms with Gasteiger partial charge in [0, 0.05) is 37.0 Å². The molecule has 34 heavy (non-hydrogen) atoms. The maximum Gasteiger partial charge on any atom is 0.410 e. The molecular weight excluding hydrogens is 470 g/mol. The van der Waals surface area contributed by atoms with Crippen LogP contribution in [0.25, 0.3) is 0 Å². The Morgan fingerprint density at radius 2 is 1.91 bits per heavy atom. The predicted octanol–water partition coefficient (Wildman–Crippen LogP) is 5.48. The molecule has 0 aromatic heterocycles. The van der Waals surface area contributed by atoms with E-state index in [0.717, 1.165) is 24.3 Å². The van der Waals surface area contributed by atoms with Crippen LogP contribution in [0.4, 0.5) is 10.5 Å². The number of nitro benzene ring substituents is 1. The highest BCUT2D eigenvalue weighted by atomic mass is 32.2. The van der Waals surface area contributed by atoms with Crippen LogP contribution >= 0.6 is 11.8 Å². The maximum atomic E-state index is 13.3. The molecule has 3 atom stereocenters. The highest BCUT2D eigenvalue weighted by molar-refractivity contribution is 8.00. The van der Waals surface area contributed by atoms with Gasteiger partial charge in [-0.25, -0.2) is 4.79 Å². The Labute approximate surface area is 208 Å². The van der Waals surface area contributed by atoms with Crippen LogP contribution in [0.1, 0.15) is 46.6 Å². The van der Waals surface area contributed by atoms with Crippen LogP contribution in [0.3, 0.4) is 0 Å². The fraction of sp³-hybridized carbons (Fsp3) is 0.708. The van der Waals surface area contributed by atoms with Crippen LogP contribution in [-0.4, -0.2) is 71.5 Å². The van der Waals surface area contributed by atoms with Crippen molar-refractivity contribution in [1.29, 1.82) is 0 Å². The topological polar surface area (TPSA) is 85.2 Å². The van der Waals surface area contributed by atoms with E-state index < -0.39 is 13.2 Å². The molecule has 0 aliphatic carbocycles. The zero-order chi connectivity index (χ0) is 25.3. The molecule has 2 fully saturated rings. The molecule has 1 amide bonds. The van der Waals surface area contributed by atoms with E-state index in [9.17, 15) is 14.9 Å². The lowest BCUT2D eigenvalue weighted by Gasteiger charge is -2.38. The molecule has 2 heterocycles. The second kappa shape index (κ2) is 10.6. The number of carbonyl (C=O) groups is 1. The first-order valence-electron chi connectivity index (χ1n) is 12.0. The third-order valence-corrected chi connectivity index (χ3v) is 13.2. The number of nitro groups is 1. The molecule has 1 aromatic carbocycles. The van der Waals surface area contributed by atoms with Gasteiger partial charge in [0.2, 0.25) is 0 Å². The molecular formula is C24H39N3O5SSi. The smallest absolute Gasteiger partial charge is 0.410 e. The Morgan fingerprint density at radius 3 is 2.47 bits per heavy atom. The highest BCUT2D eigenvalue weighted by Crippen LogP contribution is 2.41. The Kier molecular flexibility index (Phi) is 8.37. The first-order chi connectivity index (χ1) is 15.8. The van der Waals surface area contributed by atoms with Gasteiger partial charge in [-0.05, 0) is 56.1 Å². The minimum absolute atomic E-state index is 0.00645. The molecule has 0 saturated carbocycles. The van der Waals surface area contributed by atoms with Crippen molar-refractivity contribution in [1.82, 2.24) is 9.80 Å². The summed E-state index contributed by atoms with van der Waals surface area (Å²) in [7, 11) is -1.98. The minimum Gasteiger partial charge on any atom is -0.445 e. The van der Waals surface area contributed by atoms with Crippen molar-refractivity contribution in [3.05, 3.63) is 39.9 Å². The number of thioether (sulfide) groups is 1. The molecule has 2 aliphatic rings. The van der Waals surface area contributed by atoms with Gasteiger partial charge in [0.05, 0.1) is 22.4 Å². The van der Waals surface area contributed by atoms with Crippen molar-refractivity contribution in [2.24, 2.45) is 0 Å². The van der Waals surface area contributed by atoms with Gasteiger partial charge in [0.15, 0.2) is 8.32 Å². The van der Waals surface area contributed by atoms with Gasteiger partial charge >= 0.3 is 6.09 Å². The molecule has 3 unspecified atom stereocenters. The standard InChI is InChI=1S/C24H39N3O5SSi/c1-17(2)25-12-13-33-22(25)21-14-20(32-34(6,7)24(3,4)5)15-26(21)23(28)31-16-18-8-10-19(11-9-18)27(29)30/h8-11,17,20-22H,12-16H2,1-7H3. The monoisotopic (exact) mass is 509 g/mol. The summed E-state index contributed by atoms with van der Waals surface area (Å²) < 4.78 is 12.4. The van der Waals surface area contributed by atoms with E-state index in [4.69, 9.17) is 9.16 Å². The molecule has 0 N–H and O–H groups in total. The number of amides is 1. The normalized spacial score (nSPS) is 24.1. The van der Waals surface area contributed by atoms with Crippen LogP contribution in [0, 0.1) is 10.1 Å². The Balaban J connectivity index is 1.74. The van der Waals surface area contributed by atoms with E-state index in [1.807, 2.05) is 16.7 Å². The van der Waals surface area contributed by atoms with Gasteiger partial charge in [-0.15, -0.1) is 11.8 Å². The third kappa shape index (κ3) is 6.13. The number of benzene rings is 1. The molecule has 1 aromatic rings. The fourth-order valence-electron chi connectivity index (χ4n) is 4.31. The Morgan fingerprint density at radius 1 is 1.26 bits per heavy atom. The van der Waals surface area contributed by atoms with E-state index in [1.54, 1.807) is 12.1 Å². The highest BCUT2D eigenvalue weighted by Gasteiger charge is 2.48. The summed E-state index contributed by atoms with van der Waals surface area (Å²) in [4.78, 5) is 28.0. The molecule has 0 bridgehead atoms. The summed E-state index contributed by atoms with van der Waals surface area (Å²) >= 11 is 1.91. The number of hydrogen-bond donors (Lipinski definition) is 0. The molecule has 190 valence electrons. The summed E-state index contributed by atoms with van der Waals surface area (Å²) in [5, 5.41) is 11.2. The van der Waals surface area contributed by atoms with Crippen molar-refractivity contribution in [2.75, 3.05) is 18.8 Å². The van der Waals surface area contributed by atoms with Crippen molar-refractivity contribution in [3.8, 4) is 0 Å². The second-order valence-corrected chi connectivity index (χ2v) is 17.0. The van der Waals surface area contributed by atoms with Crippen molar-refractivity contribution in [3.63, 3.8) is 0 Å². The summed E-state index contributed by atoms with van der Waals surface area (Å²) in [5.74, 6) is 1.05. The van der Waals surface area contributed by atoms with Gasteiger partial charge < -0.3 is 14.1 Å². The lowest BCUT2D eigenvalue weighted by Crippen LogP contribution is -2.49. The lowest BCUT2D eigenvalue weighted by molar-refractivity contribution is -0.384. The average Bonchev–Trinajstić information content (AvgIpc) is 3.38. The van der Waals surface area contributed by atoms with Gasteiger partial charge in [0.1, 0.15) is 6.61 Å². The van der Waals surface area contributed by atoms with Crippen LogP contribution in [0.5, 0.6) is 0 Å². The van der Waals surface area contributed by atoms with Crippen molar-refractivity contribution < 1.29 is 18.9 Å². The molecule has 0 radical (unpaired) electrons. The number of hydrogen-bond acceptors (Lipinski definition) is 7. The zero-order valence-corrected chi connectivity index (χ0v) is 23.3. The second-order valence-electron chi connectivity index (χ2n) is 11.0. The third-order valence-electron chi connectivity index (χ3n) is 7.27. The predicted molar refractivity (Wildman–Crippen MR) is 139 cm³/mol. The molecule has 10 heteroatoms. The summed E-state index contributed by atoms with van der Waals surface area (Å²) in [6.45, 7) is 17.2. The van der Waals surface area contributed by atoms with E-state index in [-0.39, 0.29) is 40.9 Å². The van der Waals surface area contributed by atoms with Crippen LogP contribution in [0.2, 0.25) is 18.1 Å². The first kappa shape index (κ1) is 27.0. The number of non-ortho nitro benzene ring substituents is 1. The van der Waals surface area contributed by atoms with Gasteiger partial charge in [-0.3, -0.25) is 15.0 Å². The minimum atomic E-state index is -1.98. The fourth-order valence-corrected chi connectivity index (χ4v) is 7.25. The van der Waals surface area contributed by atoms with Crippen LogP contribution < -0.4 is 0 Å². The lowest BCUT2D eigenvalue weighted by atomic mass is 10.1. The van der Waals surface area contributed by atoms with E-state index in [2.05, 4.69) is 52.6 Å². The maximum absolute atomic E-state index is 13.3. The molecule has 0 spiro atoms. The van der Waals surface area contributed by atoms with E-state index >= 15 is 0 Å². The molecule has 8 nitrogen and oxygen atoms in total. The quantitative estimate of drug-likeness (QED) is 0.273. The van der Waals surface area contributed by atoms with Crippen molar-refractivity contribution in [2.45, 2.75) is 89.3 Å². The van der Waals surface area contributed by atoms with E-state index in [1.165, 1.54) is 12.1 Å². The SMILES string of the molecule is CC(C)N1CCSC1C1CC(O[Si](C)(C)C(C)(C)C)CN1C(=O)OCc1ccc([N+](=O)[O-])cc1. The largest absolute Gasteiger partial charge is 0.445 e.